The van der Waals surface area contributed by atoms with Gasteiger partial charge in [0.15, 0.2) is 0 Å². The van der Waals surface area contributed by atoms with E-state index in [1.165, 1.54) is 0 Å². The lowest BCUT2D eigenvalue weighted by Crippen LogP contribution is -2.70. The molecule has 0 bridgehead atoms. The van der Waals surface area contributed by atoms with E-state index in [4.69, 9.17) is 0 Å². The molecule has 0 heterocycles. The van der Waals surface area contributed by atoms with E-state index in [0.717, 1.165) is 0 Å². The molecule has 0 N–H and O–H groups in total. The minimum atomic E-state index is -8.00. The fourth-order valence-electron chi connectivity index (χ4n) is 2.27. The molecule has 0 unspecified atom stereocenters. The highest BCUT2D eigenvalue weighted by molar-refractivity contribution is 5.91. The Balaban J connectivity index is 0. The second-order valence-corrected chi connectivity index (χ2v) is 8.50. The van der Waals surface area contributed by atoms with Crippen molar-refractivity contribution in [2.75, 3.05) is 6.61 Å². The van der Waals surface area contributed by atoms with E-state index < -0.39 is 97.0 Å². The van der Waals surface area contributed by atoms with Gasteiger partial charge in [0.2, 0.25) is 0 Å². The molecule has 0 rings (SSSR count). The Morgan fingerprint density at radius 2 is 0.820 bits per heavy atom. The van der Waals surface area contributed by atoms with Crippen LogP contribution >= 0.6 is 0 Å². The van der Waals surface area contributed by atoms with Crippen LogP contribution in [-0.4, -0.2) is 90.6 Å². The smallest absolute Gasteiger partial charge is 0.460 e. The van der Waals surface area contributed by atoms with Crippen molar-refractivity contribution in [3.63, 3.8) is 0 Å². The molecule has 0 aliphatic carbocycles. The van der Waals surface area contributed by atoms with E-state index in [1.807, 2.05) is 0 Å². The van der Waals surface area contributed by atoms with Crippen LogP contribution < -0.4 is 0 Å². The van der Waals surface area contributed by atoms with E-state index in [9.17, 15) is 124 Å². The Hall–Kier alpha value is -3.40. The first kappa shape index (κ1) is 48.7. The van der Waals surface area contributed by atoms with Crippen molar-refractivity contribution in [3.05, 3.63) is 25.0 Å². The number of halogens is 26. The van der Waals surface area contributed by atoms with Gasteiger partial charge in [0, 0.05) is 12.2 Å². The third kappa shape index (κ3) is 8.72. The molecule has 0 saturated heterocycles. The molecule has 0 aromatic rings. The molecule has 0 spiro atoms. The van der Waals surface area contributed by atoms with Gasteiger partial charge in [-0.1, -0.05) is 6.58 Å². The zero-order chi connectivity index (χ0) is 41.2. The highest BCUT2D eigenvalue weighted by atomic mass is 19.4. The Morgan fingerprint density at radius 3 is 1.14 bits per heavy atom. The average molecular weight is 808 g/mol. The Kier molecular flexibility index (Phi) is 14.3. The predicted molar refractivity (Wildman–Crippen MR) is 104 cm³/mol. The predicted octanol–water partition coefficient (Wildman–Crippen LogP) is 9.26. The first-order valence-corrected chi connectivity index (χ1v) is 11.0. The molecule has 0 aromatic heterocycles. The number of carbonyl (C=O) groups is 2. The van der Waals surface area contributed by atoms with Crippen LogP contribution in [0.4, 0.5) is 114 Å². The fourth-order valence-corrected chi connectivity index (χ4v) is 2.27. The van der Waals surface area contributed by atoms with Gasteiger partial charge in [-0.2, -0.15) is 105 Å². The number of ether oxygens (including phenoxy) is 2. The van der Waals surface area contributed by atoms with Crippen LogP contribution in [0.15, 0.2) is 25.0 Å². The van der Waals surface area contributed by atoms with E-state index in [-0.39, 0.29) is 6.08 Å². The molecule has 296 valence electrons. The quantitative estimate of drug-likeness (QED) is 0.0761. The van der Waals surface area contributed by atoms with Gasteiger partial charge in [-0.05, 0) is 0 Å². The molecule has 0 fully saturated rings. The van der Waals surface area contributed by atoms with E-state index in [2.05, 4.69) is 16.1 Å². The summed E-state index contributed by atoms with van der Waals surface area (Å²) < 4.78 is 329. The third-order valence-corrected chi connectivity index (χ3v) is 5.05. The van der Waals surface area contributed by atoms with Crippen molar-refractivity contribution >= 4 is 11.9 Å². The van der Waals surface area contributed by atoms with Gasteiger partial charge in [0.25, 0.3) is 0 Å². The molecule has 0 aliphatic rings. The molecule has 50 heavy (non-hydrogen) atoms. The van der Waals surface area contributed by atoms with Gasteiger partial charge in [-0.25, -0.2) is 18.4 Å². The van der Waals surface area contributed by atoms with Crippen LogP contribution in [0, 0.1) is 0 Å². The van der Waals surface area contributed by atoms with Crippen LogP contribution in [0.3, 0.4) is 0 Å². The van der Waals surface area contributed by atoms with Crippen molar-refractivity contribution in [2.45, 2.75) is 78.5 Å². The van der Waals surface area contributed by atoms with Gasteiger partial charge < -0.3 is 9.47 Å². The van der Waals surface area contributed by atoms with Crippen LogP contribution in [0.1, 0.15) is 6.42 Å². The normalized spacial score (nSPS) is 15.1. The maximum Gasteiger partial charge on any atom is 0.460 e. The topological polar surface area (TPSA) is 52.6 Å². The molecule has 0 radical (unpaired) electrons. The maximum absolute atomic E-state index is 13.4. The number of hydrogen-bond acceptors (Lipinski definition) is 4. The monoisotopic (exact) mass is 808 g/mol. The minimum Gasteiger partial charge on any atom is -0.462 e. The highest BCUT2D eigenvalue weighted by Gasteiger charge is 2.91. The van der Waals surface area contributed by atoms with E-state index in [0.29, 0.717) is 12.3 Å². The van der Waals surface area contributed by atoms with Crippen molar-refractivity contribution in [2.24, 2.45) is 0 Å². The van der Waals surface area contributed by atoms with Gasteiger partial charge in [-0.15, -0.1) is 0 Å². The zero-order valence-corrected chi connectivity index (χ0v) is 22.4. The number of carbonyl (C=O) groups excluding carboxylic acids is 2. The minimum absolute atomic E-state index is 0.161. The van der Waals surface area contributed by atoms with Crippen LogP contribution in [0.2, 0.25) is 0 Å². The summed E-state index contributed by atoms with van der Waals surface area (Å²) in [5, 5.41) is 0. The van der Waals surface area contributed by atoms with Gasteiger partial charge >= 0.3 is 84.0 Å². The van der Waals surface area contributed by atoms with Crippen molar-refractivity contribution < 1.29 is 133 Å². The second kappa shape index (κ2) is 14.7. The fraction of sp³-hybridized carbons (Fsp3) is 0.700. The Bertz CT molecular complexity index is 1210. The molecule has 0 atom stereocenters. The lowest BCUT2D eigenvalue weighted by molar-refractivity contribution is -0.440. The summed E-state index contributed by atoms with van der Waals surface area (Å²) in [6, 6.07) is 0. The summed E-state index contributed by atoms with van der Waals surface area (Å²) in [4.78, 5) is 21.8. The first-order valence-electron chi connectivity index (χ1n) is 11.0. The summed E-state index contributed by atoms with van der Waals surface area (Å²) in [5.41, 5.74) is 0. The van der Waals surface area contributed by atoms with Crippen molar-refractivity contribution in [3.8, 4) is 0 Å². The Labute approximate surface area is 256 Å². The van der Waals surface area contributed by atoms with Gasteiger partial charge in [-0.3, -0.25) is 0 Å². The SMILES string of the molecule is C=COC(=O)/C=C/C(=O)OCCC(F)(F)C(F)(F)C(F)(F)C(F)(F)C(F)(F)C(F)(F)F.FC(F)C(F)(F)C(F)(F)C(F)(F)C(F)(F)C(F)(F)F. The third-order valence-electron chi connectivity index (χ3n) is 5.05. The summed E-state index contributed by atoms with van der Waals surface area (Å²) in [5.74, 6) is -70.7. The summed E-state index contributed by atoms with van der Waals surface area (Å²) in [7, 11) is 0. The molecule has 4 nitrogen and oxygen atoms in total. The summed E-state index contributed by atoms with van der Waals surface area (Å²) in [6.45, 7) is 0.990. The maximum atomic E-state index is 13.4. The summed E-state index contributed by atoms with van der Waals surface area (Å²) >= 11 is 0. The molecule has 0 amide bonds. The lowest BCUT2D eigenvalue weighted by atomic mass is 9.93. The van der Waals surface area contributed by atoms with E-state index in [1.54, 1.807) is 0 Å². The lowest BCUT2D eigenvalue weighted by Gasteiger charge is -2.39. The Morgan fingerprint density at radius 1 is 0.500 bits per heavy atom. The van der Waals surface area contributed by atoms with Crippen molar-refractivity contribution in [1.82, 2.24) is 0 Å². The number of esters is 2. The molecule has 30 heteroatoms. The standard InChI is InChI=1S/C14H9F13O4.C6HF13/c1-2-30-7(28)3-4-8(29)31-6-5-9(15,16)10(17,18)11(19,20)12(21,22)13(23,24)14(25,26)27;7-1(8)2(9,10)3(11,12)4(13,14)5(15,16)6(17,18)19/h2-4H,1,5-6H2;1H/b4-3+;. The number of alkyl halides is 26. The average Bonchev–Trinajstić information content (AvgIpc) is 2.90. The van der Waals surface area contributed by atoms with Crippen LogP contribution in [0.25, 0.3) is 0 Å². The first-order chi connectivity index (χ1) is 21.5. The van der Waals surface area contributed by atoms with Crippen LogP contribution in [-0.2, 0) is 19.1 Å². The van der Waals surface area contributed by atoms with E-state index >= 15 is 0 Å². The largest absolute Gasteiger partial charge is 0.462 e. The number of hydrogen-bond donors (Lipinski definition) is 0. The molecular weight excluding hydrogens is 798 g/mol. The second-order valence-electron chi connectivity index (χ2n) is 8.50. The van der Waals surface area contributed by atoms with Gasteiger partial charge in [0.1, 0.15) is 0 Å². The highest BCUT2D eigenvalue weighted by Crippen LogP contribution is 2.61. The molecule has 0 aromatic carbocycles. The summed E-state index contributed by atoms with van der Waals surface area (Å²) in [6.07, 6.45) is -22.1. The number of rotatable bonds is 14. The zero-order valence-electron chi connectivity index (χ0n) is 22.4. The molecule has 0 saturated carbocycles. The molecule has 0 aliphatic heterocycles. The molecular formula is C20H10F26O4. The van der Waals surface area contributed by atoms with Crippen molar-refractivity contribution in [1.29, 1.82) is 0 Å². The van der Waals surface area contributed by atoms with Crippen LogP contribution in [0.5, 0.6) is 0 Å². The van der Waals surface area contributed by atoms with Gasteiger partial charge in [0.05, 0.1) is 19.3 Å².